The number of hydrogen-bond donors (Lipinski definition) is 1. The Balaban J connectivity index is 2.24. The lowest BCUT2D eigenvalue weighted by molar-refractivity contribution is 0.424. The number of hydrogen-bond acceptors (Lipinski definition) is 3. The summed E-state index contributed by atoms with van der Waals surface area (Å²) in [4.78, 5) is 7.09. The number of aryl methyl sites for hydroxylation is 1. The minimum atomic E-state index is 0.136. The molecular weight excluding hydrogens is 246 g/mol. The van der Waals surface area contributed by atoms with E-state index in [9.17, 15) is 0 Å². The smallest absolute Gasteiger partial charge is 0.0448 e. The summed E-state index contributed by atoms with van der Waals surface area (Å²) >= 11 is 0. The molecule has 3 nitrogen and oxygen atoms in total. The summed E-state index contributed by atoms with van der Waals surface area (Å²) in [6.45, 7) is 13.1. The predicted molar refractivity (Wildman–Crippen MR) is 86.2 cm³/mol. The van der Waals surface area contributed by atoms with Gasteiger partial charge in [0.15, 0.2) is 0 Å². The molecule has 1 aliphatic heterocycles. The minimum Gasteiger partial charge on any atom is -0.368 e. The van der Waals surface area contributed by atoms with Crippen molar-refractivity contribution in [3.63, 3.8) is 0 Å². The molecule has 0 radical (unpaired) electrons. The van der Waals surface area contributed by atoms with E-state index in [1.165, 1.54) is 37.1 Å². The number of nitrogens with zero attached hydrogens (tertiary/aromatic N) is 2. The zero-order valence-corrected chi connectivity index (χ0v) is 13.7. The predicted octanol–water partition coefficient (Wildman–Crippen LogP) is 3.66. The Hall–Kier alpha value is -1.09. The van der Waals surface area contributed by atoms with Crippen LogP contribution in [0, 0.1) is 6.92 Å². The van der Waals surface area contributed by atoms with Gasteiger partial charge >= 0.3 is 0 Å². The molecule has 0 spiro atoms. The van der Waals surface area contributed by atoms with E-state index in [0.717, 1.165) is 12.2 Å². The fraction of sp³-hybridized carbons (Fsp3) is 0.706. The van der Waals surface area contributed by atoms with Crippen LogP contribution in [0.1, 0.15) is 58.2 Å². The van der Waals surface area contributed by atoms with Crippen LogP contribution in [-0.2, 0) is 6.54 Å². The SMILES string of the molecule is CCC1CCCN1c1cc(C)ncc1CNC(C)(C)C. The molecule has 1 saturated heterocycles. The largest absolute Gasteiger partial charge is 0.368 e. The molecule has 112 valence electrons. The van der Waals surface area contributed by atoms with Crippen molar-refractivity contribution in [2.75, 3.05) is 11.4 Å². The van der Waals surface area contributed by atoms with E-state index in [1.807, 2.05) is 0 Å². The van der Waals surface area contributed by atoms with Crippen LogP contribution in [0.15, 0.2) is 12.3 Å². The maximum Gasteiger partial charge on any atom is 0.0448 e. The number of anilines is 1. The lowest BCUT2D eigenvalue weighted by Gasteiger charge is -2.29. The standard InChI is InChI=1S/C17H29N3/c1-6-15-8-7-9-20(15)16-10-13(2)18-11-14(16)12-19-17(3,4)5/h10-11,15,19H,6-9,12H2,1-5H3. The maximum absolute atomic E-state index is 4.50. The molecule has 1 atom stereocenters. The highest BCUT2D eigenvalue weighted by Crippen LogP contribution is 2.30. The second-order valence-electron chi connectivity index (χ2n) is 6.96. The van der Waals surface area contributed by atoms with Crippen LogP contribution in [0.5, 0.6) is 0 Å². The van der Waals surface area contributed by atoms with E-state index in [0.29, 0.717) is 6.04 Å². The molecule has 1 aliphatic rings. The molecule has 20 heavy (non-hydrogen) atoms. The summed E-state index contributed by atoms with van der Waals surface area (Å²) in [7, 11) is 0. The van der Waals surface area contributed by atoms with Gasteiger partial charge in [-0.15, -0.1) is 0 Å². The van der Waals surface area contributed by atoms with E-state index >= 15 is 0 Å². The molecular formula is C17H29N3. The topological polar surface area (TPSA) is 28.2 Å². The van der Waals surface area contributed by atoms with Gasteiger partial charge in [0.1, 0.15) is 0 Å². The van der Waals surface area contributed by atoms with E-state index in [4.69, 9.17) is 0 Å². The van der Waals surface area contributed by atoms with Crippen molar-refractivity contribution in [2.45, 2.75) is 72.0 Å². The lowest BCUT2D eigenvalue weighted by atomic mass is 10.1. The molecule has 0 bridgehead atoms. The van der Waals surface area contributed by atoms with Crippen molar-refractivity contribution in [1.82, 2.24) is 10.3 Å². The average molecular weight is 275 g/mol. The second kappa shape index (κ2) is 6.13. The van der Waals surface area contributed by atoms with Gasteiger partial charge in [-0.1, -0.05) is 6.92 Å². The van der Waals surface area contributed by atoms with E-state index in [2.05, 4.69) is 62.1 Å². The fourth-order valence-corrected chi connectivity index (χ4v) is 2.91. The molecule has 0 saturated carbocycles. The van der Waals surface area contributed by atoms with Crippen LogP contribution in [-0.4, -0.2) is 23.1 Å². The van der Waals surface area contributed by atoms with Crippen LogP contribution >= 0.6 is 0 Å². The van der Waals surface area contributed by atoms with Crippen LogP contribution < -0.4 is 10.2 Å². The lowest BCUT2D eigenvalue weighted by Crippen LogP contribution is -2.36. The maximum atomic E-state index is 4.50. The van der Waals surface area contributed by atoms with E-state index < -0.39 is 0 Å². The summed E-state index contributed by atoms with van der Waals surface area (Å²) in [5.74, 6) is 0. The van der Waals surface area contributed by atoms with Gasteiger partial charge in [-0.05, 0) is 53.0 Å². The van der Waals surface area contributed by atoms with Gasteiger partial charge in [-0.25, -0.2) is 0 Å². The second-order valence-corrected chi connectivity index (χ2v) is 6.96. The van der Waals surface area contributed by atoms with E-state index in [-0.39, 0.29) is 5.54 Å². The molecule has 1 unspecified atom stereocenters. The fourth-order valence-electron chi connectivity index (χ4n) is 2.91. The van der Waals surface area contributed by atoms with Gasteiger partial charge in [0, 0.05) is 47.8 Å². The highest BCUT2D eigenvalue weighted by atomic mass is 15.2. The van der Waals surface area contributed by atoms with Crippen LogP contribution in [0.2, 0.25) is 0 Å². The van der Waals surface area contributed by atoms with Crippen molar-refractivity contribution in [2.24, 2.45) is 0 Å². The highest BCUT2D eigenvalue weighted by Gasteiger charge is 2.25. The van der Waals surface area contributed by atoms with Crippen LogP contribution in [0.3, 0.4) is 0 Å². The van der Waals surface area contributed by atoms with Gasteiger partial charge in [-0.3, -0.25) is 4.98 Å². The first-order valence-corrected chi connectivity index (χ1v) is 7.88. The third kappa shape index (κ3) is 3.72. The normalized spacial score (nSPS) is 19.6. The van der Waals surface area contributed by atoms with Crippen molar-refractivity contribution in [1.29, 1.82) is 0 Å². The molecule has 1 N–H and O–H groups in total. The molecule has 2 rings (SSSR count). The van der Waals surface area contributed by atoms with Crippen molar-refractivity contribution < 1.29 is 0 Å². The van der Waals surface area contributed by atoms with Gasteiger partial charge in [0.05, 0.1) is 0 Å². The van der Waals surface area contributed by atoms with Crippen molar-refractivity contribution in [3.8, 4) is 0 Å². The number of nitrogens with one attached hydrogen (secondary N) is 1. The third-order valence-electron chi connectivity index (χ3n) is 4.07. The number of rotatable bonds is 4. The zero-order valence-electron chi connectivity index (χ0n) is 13.7. The van der Waals surface area contributed by atoms with Crippen molar-refractivity contribution in [3.05, 3.63) is 23.5 Å². The quantitative estimate of drug-likeness (QED) is 0.909. The monoisotopic (exact) mass is 275 g/mol. The van der Waals surface area contributed by atoms with Crippen LogP contribution in [0.25, 0.3) is 0 Å². The van der Waals surface area contributed by atoms with Gasteiger partial charge < -0.3 is 10.2 Å². The Morgan fingerprint density at radius 1 is 1.40 bits per heavy atom. The summed E-state index contributed by atoms with van der Waals surface area (Å²) in [5, 5.41) is 3.59. The van der Waals surface area contributed by atoms with Gasteiger partial charge in [0.2, 0.25) is 0 Å². The minimum absolute atomic E-state index is 0.136. The molecule has 2 heterocycles. The Morgan fingerprint density at radius 3 is 2.80 bits per heavy atom. The Kier molecular flexibility index (Phi) is 4.69. The number of pyridine rings is 1. The molecule has 1 aromatic rings. The first-order valence-electron chi connectivity index (χ1n) is 7.88. The molecule has 1 aromatic heterocycles. The molecule has 1 fully saturated rings. The summed E-state index contributed by atoms with van der Waals surface area (Å²) in [5.41, 5.74) is 3.96. The molecule has 0 aromatic carbocycles. The summed E-state index contributed by atoms with van der Waals surface area (Å²) in [6, 6.07) is 2.96. The first kappa shape index (κ1) is 15.3. The van der Waals surface area contributed by atoms with Gasteiger partial charge in [-0.2, -0.15) is 0 Å². The highest BCUT2D eigenvalue weighted by molar-refractivity contribution is 5.55. The molecule has 3 heteroatoms. The van der Waals surface area contributed by atoms with E-state index in [1.54, 1.807) is 0 Å². The van der Waals surface area contributed by atoms with Crippen LogP contribution in [0.4, 0.5) is 5.69 Å². The van der Waals surface area contributed by atoms with Gasteiger partial charge in [0.25, 0.3) is 0 Å². The molecule has 0 aliphatic carbocycles. The first-order chi connectivity index (χ1) is 9.40. The number of aromatic nitrogens is 1. The Morgan fingerprint density at radius 2 is 2.15 bits per heavy atom. The summed E-state index contributed by atoms with van der Waals surface area (Å²) < 4.78 is 0. The average Bonchev–Trinajstić information content (AvgIpc) is 2.84. The Bertz CT molecular complexity index is 448. The molecule has 0 amide bonds. The summed E-state index contributed by atoms with van der Waals surface area (Å²) in [6.07, 6.45) is 5.91. The van der Waals surface area contributed by atoms with Crippen molar-refractivity contribution >= 4 is 5.69 Å². The third-order valence-corrected chi connectivity index (χ3v) is 4.07. The zero-order chi connectivity index (χ0) is 14.8. The Labute approximate surface area is 123 Å².